The fraction of sp³-hybridized carbons (Fsp3) is 0.120. The molecule has 0 spiro atoms. The van der Waals surface area contributed by atoms with Crippen LogP contribution < -0.4 is 5.43 Å². The van der Waals surface area contributed by atoms with E-state index in [9.17, 15) is 4.79 Å². The summed E-state index contributed by atoms with van der Waals surface area (Å²) in [5.74, 6) is -0.114. The number of nitrogens with one attached hydrogen (secondary N) is 1. The second kappa shape index (κ2) is 8.50. The van der Waals surface area contributed by atoms with Gasteiger partial charge in [-0.1, -0.05) is 66.2 Å². The summed E-state index contributed by atoms with van der Waals surface area (Å²) in [6, 6.07) is 26.8. The van der Waals surface area contributed by atoms with Crippen molar-refractivity contribution >= 4 is 45.4 Å². The highest BCUT2D eigenvalue weighted by molar-refractivity contribution is 8.00. The monoisotopic (exact) mass is 398 g/mol. The van der Waals surface area contributed by atoms with Gasteiger partial charge in [-0.15, -0.1) is 11.8 Å². The molecule has 29 heavy (non-hydrogen) atoms. The van der Waals surface area contributed by atoms with E-state index in [4.69, 9.17) is 0 Å². The highest BCUT2D eigenvalue weighted by Gasteiger charge is 2.13. The van der Waals surface area contributed by atoms with Gasteiger partial charge in [0.05, 0.1) is 11.5 Å². The summed E-state index contributed by atoms with van der Waals surface area (Å²) in [7, 11) is 0. The zero-order valence-corrected chi connectivity index (χ0v) is 17.2. The van der Waals surface area contributed by atoms with Crippen LogP contribution in [0.5, 0.6) is 0 Å². The molecule has 0 saturated carbocycles. The van der Waals surface area contributed by atoms with Gasteiger partial charge in [-0.05, 0) is 53.6 Å². The van der Waals surface area contributed by atoms with E-state index in [1.165, 1.54) is 17.3 Å². The SMILES string of the molecule is Cc1ccc(S[C@@H](C)C(=O)N/N=C\c2c3ccccc3cc3ccccc23)cc1. The van der Waals surface area contributed by atoms with E-state index in [0.717, 1.165) is 32.0 Å². The smallest absolute Gasteiger partial charge is 0.253 e. The maximum absolute atomic E-state index is 12.5. The van der Waals surface area contributed by atoms with Crippen LogP contribution in [0.2, 0.25) is 0 Å². The number of hydrogen-bond donors (Lipinski definition) is 1. The van der Waals surface area contributed by atoms with Crippen LogP contribution >= 0.6 is 11.8 Å². The van der Waals surface area contributed by atoms with E-state index in [1.807, 2.05) is 43.3 Å². The predicted molar refractivity (Wildman–Crippen MR) is 124 cm³/mol. The molecular weight excluding hydrogens is 376 g/mol. The third-order valence-corrected chi connectivity index (χ3v) is 6.00. The second-order valence-corrected chi connectivity index (χ2v) is 8.45. The van der Waals surface area contributed by atoms with Crippen molar-refractivity contribution in [1.82, 2.24) is 5.43 Å². The molecule has 144 valence electrons. The van der Waals surface area contributed by atoms with E-state index >= 15 is 0 Å². The van der Waals surface area contributed by atoms with Crippen molar-refractivity contribution in [1.29, 1.82) is 0 Å². The molecule has 3 nitrogen and oxygen atoms in total. The third-order valence-electron chi connectivity index (χ3n) is 4.88. The highest BCUT2D eigenvalue weighted by Crippen LogP contribution is 2.27. The number of benzene rings is 4. The van der Waals surface area contributed by atoms with Gasteiger partial charge in [0, 0.05) is 10.5 Å². The Bertz CT molecular complexity index is 1140. The third kappa shape index (κ3) is 4.33. The molecule has 4 aromatic rings. The second-order valence-electron chi connectivity index (χ2n) is 7.04. The van der Waals surface area contributed by atoms with Crippen LogP contribution in [0.15, 0.2) is 88.9 Å². The van der Waals surface area contributed by atoms with Crippen molar-refractivity contribution in [3.63, 3.8) is 0 Å². The zero-order chi connectivity index (χ0) is 20.2. The van der Waals surface area contributed by atoms with Crippen molar-refractivity contribution in [3.8, 4) is 0 Å². The molecule has 0 aliphatic heterocycles. The van der Waals surface area contributed by atoms with Gasteiger partial charge in [0.2, 0.25) is 0 Å². The molecule has 0 aliphatic carbocycles. The minimum absolute atomic E-state index is 0.114. The number of nitrogens with zero attached hydrogens (tertiary/aromatic N) is 1. The largest absolute Gasteiger partial charge is 0.272 e. The number of rotatable bonds is 5. The molecule has 1 atom stereocenters. The first-order valence-corrected chi connectivity index (χ1v) is 10.5. The fourth-order valence-corrected chi connectivity index (χ4v) is 4.18. The summed E-state index contributed by atoms with van der Waals surface area (Å²) < 4.78 is 0. The van der Waals surface area contributed by atoms with Crippen molar-refractivity contribution in [3.05, 3.63) is 90.0 Å². The standard InChI is InChI=1S/C25H22N2OS/c1-17-11-13-21(14-12-17)29-18(2)25(28)27-26-16-24-22-9-5-3-7-19(22)15-20-8-4-6-10-23(20)24/h3-16,18H,1-2H3,(H,27,28)/b26-16-/t18-/m0/s1. The van der Waals surface area contributed by atoms with Crippen LogP contribution in [-0.4, -0.2) is 17.4 Å². The Morgan fingerprint density at radius 1 is 0.931 bits per heavy atom. The summed E-state index contributed by atoms with van der Waals surface area (Å²) in [6.45, 7) is 3.94. The van der Waals surface area contributed by atoms with Gasteiger partial charge in [0.15, 0.2) is 0 Å². The number of fused-ring (bicyclic) bond motifs is 2. The molecule has 0 unspecified atom stereocenters. The normalized spacial score (nSPS) is 12.5. The number of carbonyl (C=O) groups excluding carboxylic acids is 1. The predicted octanol–water partition coefficient (Wildman–Crippen LogP) is 5.93. The molecule has 0 bridgehead atoms. The average molecular weight is 399 g/mol. The summed E-state index contributed by atoms with van der Waals surface area (Å²) >= 11 is 1.53. The maximum atomic E-state index is 12.5. The molecule has 0 aliphatic rings. The quantitative estimate of drug-likeness (QED) is 0.196. The van der Waals surface area contributed by atoms with E-state index < -0.39 is 0 Å². The van der Waals surface area contributed by atoms with Gasteiger partial charge in [-0.2, -0.15) is 5.10 Å². The lowest BCUT2D eigenvalue weighted by atomic mass is 9.97. The lowest BCUT2D eigenvalue weighted by molar-refractivity contribution is -0.120. The van der Waals surface area contributed by atoms with Gasteiger partial charge in [-0.3, -0.25) is 4.79 Å². The Hall–Kier alpha value is -3.11. The van der Waals surface area contributed by atoms with Crippen LogP contribution in [0.4, 0.5) is 0 Å². The first-order valence-electron chi connectivity index (χ1n) is 9.58. The number of amides is 1. The van der Waals surface area contributed by atoms with Gasteiger partial charge < -0.3 is 0 Å². The first-order chi connectivity index (χ1) is 14.1. The Morgan fingerprint density at radius 2 is 1.52 bits per heavy atom. The molecule has 0 radical (unpaired) electrons. The Balaban J connectivity index is 1.54. The van der Waals surface area contributed by atoms with Crippen molar-refractivity contribution in [2.45, 2.75) is 24.0 Å². The highest BCUT2D eigenvalue weighted by atomic mass is 32.2. The molecule has 1 amide bonds. The number of thioether (sulfide) groups is 1. The summed E-state index contributed by atoms with van der Waals surface area (Å²) in [5.41, 5.74) is 4.92. The van der Waals surface area contributed by atoms with Crippen LogP contribution in [0, 0.1) is 6.92 Å². The van der Waals surface area contributed by atoms with Gasteiger partial charge in [-0.25, -0.2) is 5.43 Å². The molecule has 0 saturated heterocycles. The van der Waals surface area contributed by atoms with Crippen molar-refractivity contribution in [2.75, 3.05) is 0 Å². The van der Waals surface area contributed by atoms with Crippen LogP contribution in [-0.2, 0) is 4.79 Å². The Labute approximate surface area is 174 Å². The number of hydrogen-bond acceptors (Lipinski definition) is 3. The summed E-state index contributed by atoms with van der Waals surface area (Å²) in [5, 5.41) is 8.59. The average Bonchev–Trinajstić information content (AvgIpc) is 2.74. The number of carbonyl (C=O) groups is 1. The number of aryl methyl sites for hydroxylation is 1. The molecule has 4 aromatic carbocycles. The summed E-state index contributed by atoms with van der Waals surface area (Å²) in [4.78, 5) is 13.6. The molecule has 4 rings (SSSR count). The van der Waals surface area contributed by atoms with E-state index in [2.05, 4.69) is 59.9 Å². The lowest BCUT2D eigenvalue weighted by Crippen LogP contribution is -2.26. The van der Waals surface area contributed by atoms with Crippen LogP contribution in [0.25, 0.3) is 21.5 Å². The van der Waals surface area contributed by atoms with Crippen molar-refractivity contribution in [2.24, 2.45) is 5.10 Å². The van der Waals surface area contributed by atoms with Crippen LogP contribution in [0.1, 0.15) is 18.1 Å². The van der Waals surface area contributed by atoms with E-state index in [0.29, 0.717) is 0 Å². The van der Waals surface area contributed by atoms with E-state index in [1.54, 1.807) is 6.21 Å². The van der Waals surface area contributed by atoms with Gasteiger partial charge >= 0.3 is 0 Å². The molecule has 1 N–H and O–H groups in total. The topological polar surface area (TPSA) is 41.5 Å². The first kappa shape index (κ1) is 19.2. The summed E-state index contributed by atoms with van der Waals surface area (Å²) in [6.07, 6.45) is 1.76. The van der Waals surface area contributed by atoms with Crippen LogP contribution in [0.3, 0.4) is 0 Å². The fourth-order valence-electron chi connectivity index (χ4n) is 3.31. The maximum Gasteiger partial charge on any atom is 0.253 e. The van der Waals surface area contributed by atoms with Gasteiger partial charge in [0.1, 0.15) is 0 Å². The Kier molecular flexibility index (Phi) is 5.63. The molecule has 0 aromatic heterocycles. The zero-order valence-electron chi connectivity index (χ0n) is 16.4. The molecular formula is C25H22N2OS. The molecule has 0 heterocycles. The number of hydrazone groups is 1. The Morgan fingerprint density at radius 3 is 2.14 bits per heavy atom. The molecule has 0 fully saturated rings. The minimum atomic E-state index is -0.237. The molecule has 4 heteroatoms. The lowest BCUT2D eigenvalue weighted by Gasteiger charge is -2.10. The van der Waals surface area contributed by atoms with E-state index in [-0.39, 0.29) is 11.2 Å². The minimum Gasteiger partial charge on any atom is -0.272 e. The van der Waals surface area contributed by atoms with Gasteiger partial charge in [0.25, 0.3) is 5.91 Å². The van der Waals surface area contributed by atoms with Crippen molar-refractivity contribution < 1.29 is 4.79 Å².